The van der Waals surface area contributed by atoms with Gasteiger partial charge >= 0.3 is 5.97 Å². The topological polar surface area (TPSA) is 59.9 Å². The van der Waals surface area contributed by atoms with Crippen molar-refractivity contribution in [1.82, 2.24) is 14.8 Å². The number of pyridine rings is 1. The normalized spacial score (nSPS) is 30.5. The second-order valence-corrected chi connectivity index (χ2v) is 7.47. The van der Waals surface area contributed by atoms with Crippen molar-refractivity contribution in [3.05, 3.63) is 22.8 Å². The third-order valence-electron chi connectivity index (χ3n) is 5.77. The number of piperazine rings is 1. The lowest BCUT2D eigenvalue weighted by molar-refractivity contribution is 0.00306. The first kappa shape index (κ1) is 16.1. The van der Waals surface area contributed by atoms with E-state index in [1.165, 1.54) is 44.7 Å². The lowest BCUT2D eigenvalue weighted by Crippen LogP contribution is -2.61. The number of hydrogen-bond acceptors (Lipinski definition) is 5. The summed E-state index contributed by atoms with van der Waals surface area (Å²) in [5.74, 6) is 0.566. The van der Waals surface area contributed by atoms with E-state index in [4.69, 9.17) is 16.7 Å². The summed E-state index contributed by atoms with van der Waals surface area (Å²) >= 11 is 6.26. The molecule has 0 saturated carbocycles. The van der Waals surface area contributed by atoms with Crippen LogP contribution in [0.15, 0.2) is 12.3 Å². The summed E-state index contributed by atoms with van der Waals surface area (Å²) in [5, 5.41) is 9.44. The molecule has 7 heteroatoms. The van der Waals surface area contributed by atoms with Crippen LogP contribution in [0.4, 0.5) is 5.82 Å². The van der Waals surface area contributed by atoms with Crippen molar-refractivity contribution in [2.24, 2.45) is 5.92 Å². The summed E-state index contributed by atoms with van der Waals surface area (Å²) in [5.41, 5.74) is 0.134. The summed E-state index contributed by atoms with van der Waals surface area (Å²) in [6.45, 7) is 7.59. The number of aromatic carboxylic acids is 1. The molecule has 1 atom stereocenters. The van der Waals surface area contributed by atoms with Crippen LogP contribution in [0.25, 0.3) is 0 Å². The Balaban J connectivity index is 1.40. The number of anilines is 1. The summed E-state index contributed by atoms with van der Waals surface area (Å²) < 4.78 is 0. The molecule has 1 aromatic heterocycles. The molecule has 0 spiro atoms. The van der Waals surface area contributed by atoms with Crippen LogP contribution in [-0.4, -0.2) is 77.7 Å². The van der Waals surface area contributed by atoms with Gasteiger partial charge in [-0.15, -0.1) is 0 Å². The van der Waals surface area contributed by atoms with E-state index in [2.05, 4.69) is 19.7 Å². The first-order valence-electron chi connectivity index (χ1n) is 8.72. The molecule has 1 unspecified atom stereocenters. The van der Waals surface area contributed by atoms with Gasteiger partial charge in [0, 0.05) is 45.0 Å². The predicted octanol–water partition coefficient (Wildman–Crippen LogP) is 1.65. The molecule has 4 saturated heterocycles. The molecule has 1 aromatic rings. The van der Waals surface area contributed by atoms with Crippen molar-refractivity contribution >= 4 is 23.4 Å². The number of carbonyl (C=O) groups is 1. The zero-order valence-electron chi connectivity index (χ0n) is 13.7. The Morgan fingerprint density at radius 3 is 2.42 bits per heavy atom. The molecule has 4 aliphatic rings. The highest BCUT2D eigenvalue weighted by Gasteiger charge is 2.38. The fourth-order valence-corrected chi connectivity index (χ4v) is 4.68. The van der Waals surface area contributed by atoms with Crippen LogP contribution >= 0.6 is 11.6 Å². The second-order valence-electron chi connectivity index (χ2n) is 7.06. The molecular formula is C17H23ClN4O2. The number of carboxylic acids is 1. The number of piperidine rings is 3. The van der Waals surface area contributed by atoms with Crippen LogP contribution in [0, 0.1) is 5.92 Å². The molecule has 2 bridgehead atoms. The number of hydrogen-bond donors (Lipinski definition) is 1. The Labute approximate surface area is 147 Å². The molecule has 1 N–H and O–H groups in total. The number of aromatic nitrogens is 1. The summed E-state index contributed by atoms with van der Waals surface area (Å²) in [7, 11) is 0. The van der Waals surface area contributed by atoms with Gasteiger partial charge in [-0.1, -0.05) is 11.6 Å². The van der Waals surface area contributed by atoms with E-state index in [-0.39, 0.29) is 5.56 Å². The lowest BCUT2D eigenvalue weighted by atomic mass is 9.83. The first-order chi connectivity index (χ1) is 11.6. The van der Waals surface area contributed by atoms with Gasteiger partial charge in [0.15, 0.2) is 0 Å². The SMILES string of the molecule is O=C(O)c1cnc(N2CCN(C3CN4CCC3CC4)CC2)c(Cl)c1. The lowest BCUT2D eigenvalue weighted by Gasteiger charge is -2.51. The van der Waals surface area contributed by atoms with Gasteiger partial charge in [0.25, 0.3) is 0 Å². The zero-order chi connectivity index (χ0) is 16.7. The number of halogens is 1. The van der Waals surface area contributed by atoms with E-state index in [9.17, 15) is 4.79 Å². The Hall–Kier alpha value is -1.37. The van der Waals surface area contributed by atoms with E-state index in [1.54, 1.807) is 0 Å². The molecule has 0 radical (unpaired) electrons. The quantitative estimate of drug-likeness (QED) is 0.894. The van der Waals surface area contributed by atoms with E-state index < -0.39 is 5.97 Å². The second kappa shape index (κ2) is 6.50. The fourth-order valence-electron chi connectivity index (χ4n) is 4.39. The number of fused-ring (bicyclic) bond motifs is 3. The third kappa shape index (κ3) is 2.98. The Morgan fingerprint density at radius 2 is 1.88 bits per heavy atom. The third-order valence-corrected chi connectivity index (χ3v) is 6.05. The molecule has 5 heterocycles. The van der Waals surface area contributed by atoms with Crippen molar-refractivity contribution in [2.75, 3.05) is 50.7 Å². The molecule has 4 fully saturated rings. The average molecular weight is 351 g/mol. The Kier molecular flexibility index (Phi) is 4.37. The van der Waals surface area contributed by atoms with Gasteiger partial charge in [-0.25, -0.2) is 9.78 Å². The van der Waals surface area contributed by atoms with Crippen LogP contribution < -0.4 is 4.90 Å². The Morgan fingerprint density at radius 1 is 1.17 bits per heavy atom. The summed E-state index contributed by atoms with van der Waals surface area (Å²) in [4.78, 5) is 22.7. The molecule has 0 aliphatic carbocycles. The van der Waals surface area contributed by atoms with Crippen molar-refractivity contribution in [3.63, 3.8) is 0 Å². The minimum atomic E-state index is -0.997. The van der Waals surface area contributed by atoms with Crippen molar-refractivity contribution in [2.45, 2.75) is 18.9 Å². The molecule has 0 aromatic carbocycles. The fraction of sp³-hybridized carbons (Fsp3) is 0.647. The molecule has 130 valence electrons. The van der Waals surface area contributed by atoms with E-state index in [1.807, 2.05) is 0 Å². The number of rotatable bonds is 3. The van der Waals surface area contributed by atoms with Gasteiger partial charge in [-0.2, -0.15) is 0 Å². The van der Waals surface area contributed by atoms with Crippen LogP contribution in [0.5, 0.6) is 0 Å². The molecule has 24 heavy (non-hydrogen) atoms. The maximum absolute atomic E-state index is 11.0. The smallest absolute Gasteiger partial charge is 0.337 e. The standard InChI is InChI=1S/C17H23ClN4O2/c18-14-9-13(17(23)24)10-19-16(14)22-7-5-21(6-8-22)15-11-20-3-1-12(15)2-4-20/h9-10,12,15H,1-8,11H2,(H,23,24). The zero-order valence-corrected chi connectivity index (χ0v) is 14.5. The minimum absolute atomic E-state index is 0.134. The van der Waals surface area contributed by atoms with Crippen LogP contribution in [0.3, 0.4) is 0 Å². The highest BCUT2D eigenvalue weighted by Crippen LogP contribution is 2.32. The molecule has 0 amide bonds. The predicted molar refractivity (Wildman–Crippen MR) is 92.9 cm³/mol. The van der Waals surface area contributed by atoms with Gasteiger partial charge < -0.3 is 14.9 Å². The van der Waals surface area contributed by atoms with Gasteiger partial charge in [-0.3, -0.25) is 4.90 Å². The highest BCUT2D eigenvalue weighted by atomic mass is 35.5. The van der Waals surface area contributed by atoms with E-state index >= 15 is 0 Å². The van der Waals surface area contributed by atoms with Gasteiger partial charge in [-0.05, 0) is 37.9 Å². The minimum Gasteiger partial charge on any atom is -0.478 e. The van der Waals surface area contributed by atoms with Gasteiger partial charge in [0.2, 0.25) is 0 Å². The maximum atomic E-state index is 11.0. The first-order valence-corrected chi connectivity index (χ1v) is 9.10. The maximum Gasteiger partial charge on any atom is 0.337 e. The van der Waals surface area contributed by atoms with Crippen molar-refractivity contribution in [3.8, 4) is 0 Å². The number of nitrogens with zero attached hydrogens (tertiary/aromatic N) is 4. The molecule has 4 aliphatic heterocycles. The van der Waals surface area contributed by atoms with E-state index in [0.29, 0.717) is 16.9 Å². The molecule has 5 rings (SSSR count). The highest BCUT2D eigenvalue weighted by molar-refractivity contribution is 6.33. The monoisotopic (exact) mass is 350 g/mol. The van der Waals surface area contributed by atoms with E-state index in [0.717, 1.165) is 32.1 Å². The van der Waals surface area contributed by atoms with Crippen molar-refractivity contribution in [1.29, 1.82) is 0 Å². The van der Waals surface area contributed by atoms with Gasteiger partial charge in [0.1, 0.15) is 5.82 Å². The number of carboxylic acid groups (broad SMARTS) is 1. The van der Waals surface area contributed by atoms with Crippen LogP contribution in [-0.2, 0) is 0 Å². The largest absolute Gasteiger partial charge is 0.478 e. The van der Waals surface area contributed by atoms with Gasteiger partial charge in [0.05, 0.1) is 10.6 Å². The van der Waals surface area contributed by atoms with Crippen molar-refractivity contribution < 1.29 is 9.90 Å². The molecule has 6 nitrogen and oxygen atoms in total. The summed E-state index contributed by atoms with van der Waals surface area (Å²) in [6.07, 6.45) is 4.08. The van der Waals surface area contributed by atoms with Crippen LogP contribution in [0.1, 0.15) is 23.2 Å². The summed E-state index contributed by atoms with van der Waals surface area (Å²) in [6, 6.07) is 2.19. The van der Waals surface area contributed by atoms with Crippen LogP contribution in [0.2, 0.25) is 5.02 Å². The Bertz CT molecular complexity index is 625. The molecular weight excluding hydrogens is 328 g/mol. The average Bonchev–Trinajstić information content (AvgIpc) is 2.62.